The SMILES string of the molecule is COc1ccc2c(c1)CCc1c(C(=O)Nc3ccc(C#N)cc3)noc1-2. The number of aryl methyl sites for hydroxylation is 1. The number of carbonyl (C=O) groups is 1. The molecule has 0 unspecified atom stereocenters. The fourth-order valence-electron chi connectivity index (χ4n) is 3.13. The van der Waals surface area contributed by atoms with Crippen LogP contribution in [0.5, 0.6) is 5.75 Å². The van der Waals surface area contributed by atoms with Gasteiger partial charge in [0.15, 0.2) is 11.5 Å². The van der Waals surface area contributed by atoms with E-state index in [2.05, 4.69) is 10.5 Å². The first kappa shape index (κ1) is 15.9. The van der Waals surface area contributed by atoms with Crippen molar-refractivity contribution in [2.45, 2.75) is 12.8 Å². The molecule has 0 fully saturated rings. The van der Waals surface area contributed by atoms with Crippen LogP contribution >= 0.6 is 0 Å². The molecule has 0 spiro atoms. The summed E-state index contributed by atoms with van der Waals surface area (Å²) in [6.07, 6.45) is 1.47. The predicted molar refractivity (Wildman–Crippen MR) is 95.0 cm³/mol. The molecule has 1 N–H and O–H groups in total. The van der Waals surface area contributed by atoms with Crippen molar-refractivity contribution < 1.29 is 14.1 Å². The highest BCUT2D eigenvalue weighted by atomic mass is 16.5. The zero-order chi connectivity index (χ0) is 18.1. The average Bonchev–Trinajstić information content (AvgIpc) is 3.12. The molecular weight excluding hydrogens is 330 g/mol. The number of nitrogens with zero attached hydrogens (tertiary/aromatic N) is 2. The van der Waals surface area contributed by atoms with Gasteiger partial charge in [-0.15, -0.1) is 0 Å². The van der Waals surface area contributed by atoms with E-state index in [1.165, 1.54) is 0 Å². The maximum absolute atomic E-state index is 12.6. The van der Waals surface area contributed by atoms with Crippen molar-refractivity contribution in [3.63, 3.8) is 0 Å². The molecular formula is C20H15N3O3. The number of fused-ring (bicyclic) bond motifs is 3. The standard InChI is InChI=1S/C20H15N3O3/c1-25-15-7-9-16-13(10-15)4-8-17-18(23-26-19(16)17)20(24)22-14-5-2-12(11-21)3-6-14/h2-3,5-7,9-10H,4,8H2,1H3,(H,22,24). The summed E-state index contributed by atoms with van der Waals surface area (Å²) in [6, 6.07) is 14.5. The number of rotatable bonds is 3. The molecule has 128 valence electrons. The van der Waals surface area contributed by atoms with Crippen molar-refractivity contribution in [2.24, 2.45) is 0 Å². The Hall–Kier alpha value is -3.59. The lowest BCUT2D eigenvalue weighted by atomic mass is 9.89. The van der Waals surface area contributed by atoms with Crippen molar-refractivity contribution in [3.05, 3.63) is 64.8 Å². The second kappa shape index (κ2) is 6.37. The average molecular weight is 345 g/mol. The minimum atomic E-state index is -0.323. The van der Waals surface area contributed by atoms with Crippen LogP contribution in [0.2, 0.25) is 0 Å². The number of anilines is 1. The number of nitrogens with one attached hydrogen (secondary N) is 1. The van der Waals surface area contributed by atoms with Gasteiger partial charge in [-0.1, -0.05) is 5.16 Å². The van der Waals surface area contributed by atoms with E-state index in [1.54, 1.807) is 31.4 Å². The first-order valence-electron chi connectivity index (χ1n) is 8.17. The number of amides is 1. The quantitative estimate of drug-likeness (QED) is 0.784. The lowest BCUT2D eigenvalue weighted by molar-refractivity contribution is 0.101. The van der Waals surface area contributed by atoms with Crippen LogP contribution in [0.4, 0.5) is 5.69 Å². The Labute approximate surface area is 150 Å². The maximum Gasteiger partial charge on any atom is 0.278 e. The van der Waals surface area contributed by atoms with Gasteiger partial charge in [0.05, 0.1) is 18.7 Å². The van der Waals surface area contributed by atoms with Gasteiger partial charge in [0, 0.05) is 16.8 Å². The summed E-state index contributed by atoms with van der Waals surface area (Å²) in [5.41, 5.74) is 4.31. The van der Waals surface area contributed by atoms with Crippen molar-refractivity contribution in [1.29, 1.82) is 5.26 Å². The van der Waals surface area contributed by atoms with Crippen LogP contribution in [-0.4, -0.2) is 18.2 Å². The second-order valence-electron chi connectivity index (χ2n) is 6.01. The van der Waals surface area contributed by atoms with Crippen LogP contribution < -0.4 is 10.1 Å². The van der Waals surface area contributed by atoms with Gasteiger partial charge in [-0.2, -0.15) is 5.26 Å². The number of nitriles is 1. The molecule has 1 aromatic heterocycles. The van der Waals surface area contributed by atoms with E-state index < -0.39 is 0 Å². The highest BCUT2D eigenvalue weighted by Gasteiger charge is 2.27. The third kappa shape index (κ3) is 2.70. The Kier molecular flexibility index (Phi) is 3.90. The summed E-state index contributed by atoms with van der Waals surface area (Å²) in [4.78, 5) is 12.6. The molecule has 1 aliphatic rings. The van der Waals surface area contributed by atoms with Crippen LogP contribution in [-0.2, 0) is 12.8 Å². The first-order valence-corrected chi connectivity index (χ1v) is 8.17. The van der Waals surface area contributed by atoms with Gasteiger partial charge < -0.3 is 14.6 Å². The number of hydrogen-bond donors (Lipinski definition) is 1. The van der Waals surface area contributed by atoms with E-state index in [9.17, 15) is 4.79 Å². The van der Waals surface area contributed by atoms with Gasteiger partial charge in [-0.05, 0) is 60.9 Å². The third-order valence-electron chi connectivity index (χ3n) is 4.48. The molecule has 0 aliphatic heterocycles. The molecule has 0 radical (unpaired) electrons. The highest BCUT2D eigenvalue weighted by Crippen LogP contribution is 2.37. The van der Waals surface area contributed by atoms with Gasteiger partial charge in [-0.3, -0.25) is 4.79 Å². The van der Waals surface area contributed by atoms with E-state index in [-0.39, 0.29) is 5.91 Å². The second-order valence-corrected chi connectivity index (χ2v) is 6.01. The van der Waals surface area contributed by atoms with Crippen LogP contribution in [0, 0.1) is 11.3 Å². The lowest BCUT2D eigenvalue weighted by Gasteiger charge is -2.15. The summed E-state index contributed by atoms with van der Waals surface area (Å²) in [5.74, 6) is 1.11. The number of benzene rings is 2. The molecule has 26 heavy (non-hydrogen) atoms. The summed E-state index contributed by atoms with van der Waals surface area (Å²) < 4.78 is 10.8. The molecule has 1 aliphatic carbocycles. The maximum atomic E-state index is 12.6. The van der Waals surface area contributed by atoms with Gasteiger partial charge in [0.25, 0.3) is 5.91 Å². The Bertz CT molecular complexity index is 1030. The Morgan fingerprint density at radius 2 is 2.04 bits per heavy atom. The molecule has 0 saturated carbocycles. The van der Waals surface area contributed by atoms with Crippen LogP contribution in [0.1, 0.15) is 27.2 Å². The number of aromatic nitrogens is 1. The fraction of sp³-hybridized carbons (Fsp3) is 0.150. The van der Waals surface area contributed by atoms with Crippen molar-refractivity contribution >= 4 is 11.6 Å². The number of hydrogen-bond acceptors (Lipinski definition) is 5. The van der Waals surface area contributed by atoms with E-state index in [0.29, 0.717) is 29.1 Å². The van der Waals surface area contributed by atoms with Gasteiger partial charge >= 0.3 is 0 Å². The van der Waals surface area contributed by atoms with Crippen molar-refractivity contribution in [2.75, 3.05) is 12.4 Å². The molecule has 0 saturated heterocycles. The zero-order valence-electron chi connectivity index (χ0n) is 14.1. The number of carbonyl (C=O) groups excluding carboxylic acids is 1. The van der Waals surface area contributed by atoms with E-state index in [4.69, 9.17) is 14.5 Å². The molecule has 4 rings (SSSR count). The smallest absolute Gasteiger partial charge is 0.278 e. The number of methoxy groups -OCH3 is 1. The van der Waals surface area contributed by atoms with Crippen LogP contribution in [0.3, 0.4) is 0 Å². The Morgan fingerprint density at radius 1 is 1.23 bits per heavy atom. The fourth-order valence-corrected chi connectivity index (χ4v) is 3.13. The first-order chi connectivity index (χ1) is 12.7. The number of ether oxygens (including phenoxy) is 1. The van der Waals surface area contributed by atoms with Crippen molar-refractivity contribution in [1.82, 2.24) is 5.16 Å². The third-order valence-corrected chi connectivity index (χ3v) is 4.48. The van der Waals surface area contributed by atoms with Gasteiger partial charge in [0.1, 0.15) is 5.75 Å². The molecule has 2 aromatic carbocycles. The zero-order valence-corrected chi connectivity index (χ0v) is 14.1. The van der Waals surface area contributed by atoms with Crippen molar-refractivity contribution in [3.8, 4) is 23.1 Å². The Balaban J connectivity index is 1.62. The summed E-state index contributed by atoms with van der Waals surface area (Å²) in [5, 5.41) is 15.6. The Morgan fingerprint density at radius 3 is 2.77 bits per heavy atom. The largest absolute Gasteiger partial charge is 0.497 e. The minimum absolute atomic E-state index is 0.297. The van der Waals surface area contributed by atoms with E-state index in [1.807, 2.05) is 24.3 Å². The highest BCUT2D eigenvalue weighted by molar-refractivity contribution is 6.04. The molecule has 0 bridgehead atoms. The van der Waals surface area contributed by atoms with E-state index >= 15 is 0 Å². The lowest BCUT2D eigenvalue weighted by Crippen LogP contribution is -2.15. The van der Waals surface area contributed by atoms with Gasteiger partial charge in [0.2, 0.25) is 0 Å². The molecule has 1 heterocycles. The molecule has 6 heteroatoms. The summed E-state index contributed by atoms with van der Waals surface area (Å²) in [6.45, 7) is 0. The molecule has 6 nitrogen and oxygen atoms in total. The minimum Gasteiger partial charge on any atom is -0.497 e. The van der Waals surface area contributed by atoms with Crippen LogP contribution in [0.15, 0.2) is 47.0 Å². The van der Waals surface area contributed by atoms with E-state index in [0.717, 1.165) is 28.9 Å². The summed E-state index contributed by atoms with van der Waals surface area (Å²) in [7, 11) is 1.63. The monoisotopic (exact) mass is 345 g/mol. The molecule has 1 amide bonds. The topological polar surface area (TPSA) is 88.1 Å². The summed E-state index contributed by atoms with van der Waals surface area (Å²) >= 11 is 0. The normalized spacial score (nSPS) is 11.8. The molecule has 3 aromatic rings. The predicted octanol–water partition coefficient (Wildman–Crippen LogP) is 3.57. The molecule has 0 atom stereocenters. The van der Waals surface area contributed by atoms with Gasteiger partial charge in [-0.25, -0.2) is 0 Å². The van der Waals surface area contributed by atoms with Crippen LogP contribution in [0.25, 0.3) is 11.3 Å².